The summed E-state index contributed by atoms with van der Waals surface area (Å²) in [4.78, 5) is 0. The summed E-state index contributed by atoms with van der Waals surface area (Å²) in [5, 5.41) is 39.6. The third-order valence-corrected chi connectivity index (χ3v) is 6.80. The average molecular weight is 386 g/mol. The van der Waals surface area contributed by atoms with E-state index in [-0.39, 0.29) is 11.8 Å². The molecule has 2 fully saturated rings. The number of nitriles is 3. The predicted octanol–water partition coefficient (Wildman–Crippen LogP) is 4.17. The van der Waals surface area contributed by atoms with E-state index >= 15 is 0 Å². The number of benzene rings is 1. The molecule has 4 rings (SSSR count). The maximum absolute atomic E-state index is 10.4. The third-order valence-electron chi connectivity index (χ3n) is 6.80. The van der Waals surface area contributed by atoms with Gasteiger partial charge in [-0.3, -0.25) is 5.41 Å². The van der Waals surface area contributed by atoms with Crippen LogP contribution in [0.5, 0.6) is 0 Å². The molecule has 0 spiro atoms. The van der Waals surface area contributed by atoms with Gasteiger partial charge in [-0.2, -0.15) is 15.8 Å². The van der Waals surface area contributed by atoms with Gasteiger partial charge in [0.1, 0.15) is 0 Å². The van der Waals surface area contributed by atoms with Crippen LogP contribution in [-0.2, 0) is 15.3 Å². The minimum Gasteiger partial charge on any atom is -0.443 e. The highest BCUT2D eigenvalue weighted by molar-refractivity contribution is 5.89. The van der Waals surface area contributed by atoms with Gasteiger partial charge < -0.3 is 9.47 Å². The highest BCUT2D eigenvalue weighted by Gasteiger charge is 2.80. The van der Waals surface area contributed by atoms with E-state index in [2.05, 4.69) is 24.3 Å². The minimum absolute atomic E-state index is 0.109. The molecule has 6 heteroatoms. The number of nitrogens with zero attached hydrogens (tertiary/aromatic N) is 3. The second-order valence-corrected chi connectivity index (χ2v) is 7.96. The van der Waals surface area contributed by atoms with Crippen LogP contribution in [0.2, 0.25) is 0 Å². The second kappa shape index (κ2) is 6.73. The van der Waals surface area contributed by atoms with Gasteiger partial charge in [-0.1, -0.05) is 49.4 Å². The number of rotatable bonds is 3. The molecule has 1 N–H and O–H groups in total. The Morgan fingerprint density at radius 3 is 2.38 bits per heavy atom. The number of hydrogen-bond acceptors (Lipinski definition) is 6. The molecule has 6 nitrogen and oxygen atoms in total. The van der Waals surface area contributed by atoms with E-state index in [0.29, 0.717) is 18.4 Å². The first-order valence-electron chi connectivity index (χ1n) is 9.96. The van der Waals surface area contributed by atoms with Crippen LogP contribution >= 0.6 is 0 Å². The first kappa shape index (κ1) is 19.2. The molecular formula is C23H22N4O2. The molecule has 1 aliphatic carbocycles. The zero-order valence-corrected chi connectivity index (χ0v) is 16.3. The minimum atomic E-state index is -1.82. The molecule has 0 aromatic heterocycles. The molecule has 0 saturated carbocycles. The van der Waals surface area contributed by atoms with Crippen molar-refractivity contribution in [3.05, 3.63) is 48.0 Å². The number of hydrogen-bond donors (Lipinski definition) is 1. The first-order chi connectivity index (χ1) is 14.1. The van der Waals surface area contributed by atoms with Crippen molar-refractivity contribution in [2.45, 2.75) is 44.5 Å². The molecule has 29 heavy (non-hydrogen) atoms. The summed E-state index contributed by atoms with van der Waals surface area (Å²) in [7, 11) is 0. The van der Waals surface area contributed by atoms with Gasteiger partial charge in [-0.25, -0.2) is 0 Å². The van der Waals surface area contributed by atoms with Gasteiger partial charge in [-0.05, 0) is 31.6 Å². The number of fused-ring (bicyclic) bond motifs is 2. The second-order valence-electron chi connectivity index (χ2n) is 7.96. The van der Waals surface area contributed by atoms with Crippen LogP contribution in [0.1, 0.15) is 38.2 Å². The lowest BCUT2D eigenvalue weighted by atomic mass is 9.51. The molecule has 2 saturated heterocycles. The SMILES string of the molecule is CCC1C2(c3ccccc3)OC(=N)C1(C#N)C(C#N)(C#N)C(C1CC=CCC1)O2. The van der Waals surface area contributed by atoms with E-state index in [1.807, 2.05) is 43.3 Å². The molecule has 2 aliphatic heterocycles. The Hall–Kier alpha value is -3.14. The summed E-state index contributed by atoms with van der Waals surface area (Å²) in [5.74, 6) is -2.45. The maximum atomic E-state index is 10.4. The molecular weight excluding hydrogens is 364 g/mol. The zero-order valence-electron chi connectivity index (χ0n) is 16.3. The Morgan fingerprint density at radius 2 is 1.83 bits per heavy atom. The van der Waals surface area contributed by atoms with Crippen molar-refractivity contribution in [2.75, 3.05) is 0 Å². The van der Waals surface area contributed by atoms with Gasteiger partial charge in [0.15, 0.2) is 10.8 Å². The quantitative estimate of drug-likeness (QED) is 0.783. The summed E-state index contributed by atoms with van der Waals surface area (Å²) in [6.07, 6.45) is 5.93. The largest absolute Gasteiger partial charge is 0.443 e. The van der Waals surface area contributed by atoms with Gasteiger partial charge in [0.05, 0.1) is 30.2 Å². The summed E-state index contributed by atoms with van der Waals surface area (Å²) < 4.78 is 12.7. The van der Waals surface area contributed by atoms with Crippen molar-refractivity contribution in [1.29, 1.82) is 21.2 Å². The normalized spacial score (nSPS) is 37.0. The smallest absolute Gasteiger partial charge is 0.244 e. The van der Waals surface area contributed by atoms with E-state index in [0.717, 1.165) is 12.8 Å². The van der Waals surface area contributed by atoms with E-state index in [9.17, 15) is 15.8 Å². The Balaban J connectivity index is 2.00. The van der Waals surface area contributed by atoms with Crippen LogP contribution in [0.25, 0.3) is 0 Å². The summed E-state index contributed by atoms with van der Waals surface area (Å²) >= 11 is 0. The molecule has 146 valence electrons. The van der Waals surface area contributed by atoms with E-state index in [1.54, 1.807) is 0 Å². The van der Waals surface area contributed by atoms with Gasteiger partial charge in [0.25, 0.3) is 0 Å². The number of nitrogens with one attached hydrogen (secondary N) is 1. The number of allylic oxidation sites excluding steroid dienone is 2. The molecule has 2 bridgehead atoms. The molecule has 3 aliphatic rings. The first-order valence-corrected chi connectivity index (χ1v) is 9.96. The van der Waals surface area contributed by atoms with E-state index in [1.165, 1.54) is 0 Å². The molecule has 1 aromatic carbocycles. The molecule has 5 unspecified atom stereocenters. The molecule has 1 aromatic rings. The summed E-state index contributed by atoms with van der Waals surface area (Å²) in [6.45, 7) is 1.88. The fraction of sp³-hybridized carbons (Fsp3) is 0.478. The highest BCUT2D eigenvalue weighted by Crippen LogP contribution is 2.67. The molecule has 0 radical (unpaired) electrons. The van der Waals surface area contributed by atoms with Crippen LogP contribution in [0.15, 0.2) is 42.5 Å². The Labute approximate surface area is 170 Å². The lowest BCUT2D eigenvalue weighted by molar-refractivity contribution is -0.300. The monoisotopic (exact) mass is 386 g/mol. The third kappa shape index (κ3) is 2.20. The highest BCUT2D eigenvalue weighted by atomic mass is 16.7. The van der Waals surface area contributed by atoms with Gasteiger partial charge in [-0.15, -0.1) is 0 Å². The Morgan fingerprint density at radius 1 is 1.10 bits per heavy atom. The molecule has 5 atom stereocenters. The fourth-order valence-corrected chi connectivity index (χ4v) is 5.47. The van der Waals surface area contributed by atoms with Crippen LogP contribution in [0, 0.1) is 62.1 Å². The van der Waals surface area contributed by atoms with Gasteiger partial charge in [0.2, 0.25) is 11.7 Å². The number of ether oxygens (including phenoxy) is 2. The summed E-state index contributed by atoms with van der Waals surface area (Å²) in [6, 6.07) is 15.8. The van der Waals surface area contributed by atoms with E-state index < -0.39 is 28.6 Å². The molecule has 0 amide bonds. The van der Waals surface area contributed by atoms with Crippen molar-refractivity contribution in [3.63, 3.8) is 0 Å². The van der Waals surface area contributed by atoms with E-state index in [4.69, 9.17) is 14.9 Å². The predicted molar refractivity (Wildman–Crippen MR) is 104 cm³/mol. The van der Waals surface area contributed by atoms with Crippen LogP contribution in [0.3, 0.4) is 0 Å². The van der Waals surface area contributed by atoms with Crippen molar-refractivity contribution >= 4 is 5.90 Å². The molecule has 2 heterocycles. The van der Waals surface area contributed by atoms with Crippen molar-refractivity contribution in [2.24, 2.45) is 22.7 Å². The van der Waals surface area contributed by atoms with Crippen molar-refractivity contribution in [3.8, 4) is 18.2 Å². The van der Waals surface area contributed by atoms with Gasteiger partial charge >= 0.3 is 0 Å². The topological polar surface area (TPSA) is 114 Å². The van der Waals surface area contributed by atoms with Crippen LogP contribution < -0.4 is 0 Å². The van der Waals surface area contributed by atoms with Crippen molar-refractivity contribution < 1.29 is 9.47 Å². The van der Waals surface area contributed by atoms with Crippen LogP contribution in [0.4, 0.5) is 0 Å². The van der Waals surface area contributed by atoms with Crippen LogP contribution in [-0.4, -0.2) is 12.0 Å². The standard InChI is InChI=1S/C23H22N4O2/c1-2-18-22(15-26)20(27)29-23(18,17-11-7-4-8-12-17)28-19(21(22,13-24)14-25)16-9-5-3-6-10-16/h3-5,7-8,11-12,16,18-19,27H,2,6,9-10H2,1H3. The summed E-state index contributed by atoms with van der Waals surface area (Å²) in [5.41, 5.74) is -2.80. The lowest BCUT2D eigenvalue weighted by Crippen LogP contribution is -2.63. The van der Waals surface area contributed by atoms with Crippen molar-refractivity contribution in [1.82, 2.24) is 0 Å². The lowest BCUT2D eigenvalue weighted by Gasteiger charge is -2.51. The fourth-order valence-electron chi connectivity index (χ4n) is 5.47. The van der Waals surface area contributed by atoms with Gasteiger partial charge in [0, 0.05) is 5.56 Å². The average Bonchev–Trinajstić information content (AvgIpc) is 2.99. The maximum Gasteiger partial charge on any atom is 0.244 e. The Bertz CT molecular complexity index is 969. The Kier molecular flexibility index (Phi) is 4.45. The zero-order chi connectivity index (χ0) is 20.7.